The minimum absolute atomic E-state index is 0.0232. The first-order valence-electron chi connectivity index (χ1n) is 7.70. The Morgan fingerprint density at radius 1 is 1.35 bits per heavy atom. The van der Waals surface area contributed by atoms with Crippen molar-refractivity contribution in [3.05, 3.63) is 46.5 Å². The molecular formula is C17H18N4OS. The predicted octanol–water partition coefficient (Wildman–Crippen LogP) is 3.46. The number of H-pyrrole nitrogens is 1. The molecule has 1 fully saturated rings. The van der Waals surface area contributed by atoms with Crippen LogP contribution in [0.5, 0.6) is 0 Å². The average Bonchev–Trinajstić information content (AvgIpc) is 3.24. The molecule has 4 rings (SSSR count). The summed E-state index contributed by atoms with van der Waals surface area (Å²) >= 11 is 1.74. The van der Waals surface area contributed by atoms with E-state index >= 15 is 0 Å². The molecule has 5 nitrogen and oxygen atoms in total. The number of fused-ring (bicyclic) bond motifs is 1. The van der Waals surface area contributed by atoms with Crippen LogP contribution in [-0.2, 0) is 7.05 Å². The van der Waals surface area contributed by atoms with Gasteiger partial charge in [0.1, 0.15) is 11.3 Å². The lowest BCUT2D eigenvalue weighted by molar-refractivity contribution is 0.871. The molecule has 0 unspecified atom stereocenters. The second-order valence-electron chi connectivity index (χ2n) is 6.01. The summed E-state index contributed by atoms with van der Waals surface area (Å²) in [7, 11) is 1.77. The van der Waals surface area contributed by atoms with Crippen LogP contribution in [0.1, 0.15) is 18.4 Å². The van der Waals surface area contributed by atoms with Crippen molar-refractivity contribution in [3.8, 4) is 11.3 Å². The van der Waals surface area contributed by atoms with Crippen molar-refractivity contribution < 1.29 is 0 Å². The van der Waals surface area contributed by atoms with E-state index in [4.69, 9.17) is 4.98 Å². The van der Waals surface area contributed by atoms with Gasteiger partial charge >= 0.3 is 0 Å². The van der Waals surface area contributed by atoms with Gasteiger partial charge in [-0.05, 0) is 49.4 Å². The van der Waals surface area contributed by atoms with Crippen LogP contribution in [0.2, 0.25) is 0 Å². The van der Waals surface area contributed by atoms with E-state index in [9.17, 15) is 4.79 Å². The molecule has 0 amide bonds. The van der Waals surface area contributed by atoms with Gasteiger partial charge in [-0.15, -0.1) is 0 Å². The van der Waals surface area contributed by atoms with Gasteiger partial charge in [-0.2, -0.15) is 0 Å². The Hall–Kier alpha value is -2.21. The van der Waals surface area contributed by atoms with Gasteiger partial charge in [0.05, 0.1) is 5.69 Å². The zero-order valence-electron chi connectivity index (χ0n) is 13.1. The summed E-state index contributed by atoms with van der Waals surface area (Å²) in [6.45, 7) is 2.05. The molecule has 3 aromatic heterocycles. The van der Waals surface area contributed by atoms with Gasteiger partial charge in [0.15, 0.2) is 0 Å². The van der Waals surface area contributed by atoms with Crippen LogP contribution >= 0.6 is 11.9 Å². The maximum atomic E-state index is 12.2. The number of nitrogens with zero attached hydrogens (tertiary/aromatic N) is 2. The number of pyridine rings is 2. The molecule has 0 aromatic carbocycles. The van der Waals surface area contributed by atoms with Gasteiger partial charge in [0, 0.05) is 35.6 Å². The summed E-state index contributed by atoms with van der Waals surface area (Å²) < 4.78 is 4.95. The quantitative estimate of drug-likeness (QED) is 0.721. The van der Waals surface area contributed by atoms with E-state index in [2.05, 4.69) is 15.8 Å². The van der Waals surface area contributed by atoms with Crippen molar-refractivity contribution in [2.75, 3.05) is 4.72 Å². The summed E-state index contributed by atoms with van der Waals surface area (Å²) in [6, 6.07) is 6.01. The molecular weight excluding hydrogens is 308 g/mol. The maximum Gasteiger partial charge on any atom is 0.274 e. The third-order valence-electron chi connectivity index (χ3n) is 4.10. The highest BCUT2D eigenvalue weighted by molar-refractivity contribution is 8.01. The number of anilines is 1. The van der Waals surface area contributed by atoms with E-state index < -0.39 is 0 Å². The highest BCUT2D eigenvalue weighted by Crippen LogP contribution is 2.35. The van der Waals surface area contributed by atoms with Crippen LogP contribution in [0.3, 0.4) is 0 Å². The van der Waals surface area contributed by atoms with Crippen LogP contribution in [0.15, 0.2) is 35.4 Å². The first-order chi connectivity index (χ1) is 11.1. The smallest absolute Gasteiger partial charge is 0.274 e. The fourth-order valence-electron chi connectivity index (χ4n) is 2.65. The fourth-order valence-corrected chi connectivity index (χ4v) is 3.42. The van der Waals surface area contributed by atoms with Crippen molar-refractivity contribution in [1.29, 1.82) is 0 Å². The Kier molecular flexibility index (Phi) is 3.41. The highest BCUT2D eigenvalue weighted by Gasteiger charge is 2.22. The molecule has 0 radical (unpaired) electrons. The SMILES string of the molecule is Cc1ccc(NSC2CC2)nc1-c1cn(C)c(=O)c2[nH]ccc12. The van der Waals surface area contributed by atoms with Crippen molar-refractivity contribution >= 4 is 28.7 Å². The van der Waals surface area contributed by atoms with E-state index in [1.165, 1.54) is 12.8 Å². The molecule has 3 heterocycles. The summed E-state index contributed by atoms with van der Waals surface area (Å²) in [6.07, 6.45) is 6.23. The fraction of sp³-hybridized carbons (Fsp3) is 0.294. The summed E-state index contributed by atoms with van der Waals surface area (Å²) in [5.74, 6) is 0.861. The normalized spacial score (nSPS) is 14.3. The summed E-state index contributed by atoms with van der Waals surface area (Å²) in [4.78, 5) is 20.0. The number of aromatic amines is 1. The zero-order valence-corrected chi connectivity index (χ0v) is 13.9. The van der Waals surface area contributed by atoms with Crippen LogP contribution in [0.25, 0.3) is 22.2 Å². The number of rotatable bonds is 4. The minimum atomic E-state index is -0.0232. The van der Waals surface area contributed by atoms with Gasteiger partial charge in [-0.25, -0.2) is 4.98 Å². The first kappa shape index (κ1) is 14.4. The zero-order chi connectivity index (χ0) is 16.0. The van der Waals surface area contributed by atoms with E-state index in [0.29, 0.717) is 5.52 Å². The summed E-state index contributed by atoms with van der Waals surface area (Å²) in [5, 5.41) is 1.63. The lowest BCUT2D eigenvalue weighted by Gasteiger charge is -2.11. The van der Waals surface area contributed by atoms with Gasteiger partial charge < -0.3 is 14.3 Å². The molecule has 118 valence electrons. The average molecular weight is 326 g/mol. The van der Waals surface area contributed by atoms with Gasteiger partial charge in [-0.3, -0.25) is 4.79 Å². The number of hydrogen-bond acceptors (Lipinski definition) is 4. The second-order valence-corrected chi connectivity index (χ2v) is 7.11. The van der Waals surface area contributed by atoms with Crippen LogP contribution < -0.4 is 10.3 Å². The number of nitrogens with one attached hydrogen (secondary N) is 2. The van der Waals surface area contributed by atoms with Gasteiger partial charge in [0.2, 0.25) is 0 Å². The first-order valence-corrected chi connectivity index (χ1v) is 8.58. The maximum absolute atomic E-state index is 12.2. The summed E-state index contributed by atoms with van der Waals surface area (Å²) in [5.41, 5.74) is 3.57. The molecule has 0 spiro atoms. The molecule has 2 N–H and O–H groups in total. The molecule has 0 bridgehead atoms. The minimum Gasteiger partial charge on any atom is -0.357 e. The lowest BCUT2D eigenvalue weighted by atomic mass is 10.1. The molecule has 1 aliphatic rings. The Labute approximate surface area is 138 Å². The van der Waals surface area contributed by atoms with Crippen LogP contribution in [0, 0.1) is 6.92 Å². The molecule has 1 aliphatic carbocycles. The van der Waals surface area contributed by atoms with E-state index in [0.717, 1.165) is 33.3 Å². The molecule has 1 saturated carbocycles. The van der Waals surface area contributed by atoms with Gasteiger partial charge in [-0.1, -0.05) is 6.07 Å². The van der Waals surface area contributed by atoms with Crippen molar-refractivity contribution in [3.63, 3.8) is 0 Å². The third kappa shape index (κ3) is 2.63. The molecule has 6 heteroatoms. The van der Waals surface area contributed by atoms with Crippen LogP contribution in [0.4, 0.5) is 5.82 Å². The van der Waals surface area contributed by atoms with Crippen molar-refractivity contribution in [2.45, 2.75) is 25.0 Å². The molecule has 0 aliphatic heterocycles. The predicted molar refractivity (Wildman–Crippen MR) is 95.7 cm³/mol. The Balaban J connectivity index is 1.83. The molecule has 3 aromatic rings. The second kappa shape index (κ2) is 5.45. The number of aryl methyl sites for hydroxylation is 2. The molecule has 0 atom stereocenters. The molecule has 23 heavy (non-hydrogen) atoms. The third-order valence-corrected chi connectivity index (χ3v) is 5.23. The van der Waals surface area contributed by atoms with Gasteiger partial charge in [0.25, 0.3) is 5.56 Å². The Bertz CT molecular complexity index is 939. The standard InChI is InChI=1S/C17H18N4OS/c1-10-3-6-14(20-23-11-4-5-11)19-15(10)13-9-21(2)17(22)16-12(13)7-8-18-16/h3,6-9,11,18H,4-5H2,1-2H3,(H,19,20). The molecule has 0 saturated heterocycles. The van der Waals surface area contributed by atoms with E-state index in [1.54, 1.807) is 29.8 Å². The monoisotopic (exact) mass is 326 g/mol. The number of aromatic nitrogens is 3. The van der Waals surface area contributed by atoms with Crippen molar-refractivity contribution in [1.82, 2.24) is 14.5 Å². The van der Waals surface area contributed by atoms with Crippen molar-refractivity contribution in [2.24, 2.45) is 7.05 Å². The Morgan fingerprint density at radius 2 is 2.17 bits per heavy atom. The number of hydrogen-bond donors (Lipinski definition) is 2. The van der Waals surface area contributed by atoms with E-state index in [1.807, 2.05) is 25.3 Å². The Morgan fingerprint density at radius 3 is 2.96 bits per heavy atom. The van der Waals surface area contributed by atoms with E-state index in [-0.39, 0.29) is 5.56 Å². The van der Waals surface area contributed by atoms with Crippen LogP contribution in [-0.4, -0.2) is 19.8 Å². The lowest BCUT2D eigenvalue weighted by Crippen LogP contribution is -2.16. The highest BCUT2D eigenvalue weighted by atomic mass is 32.2. The topological polar surface area (TPSA) is 62.7 Å². The largest absolute Gasteiger partial charge is 0.357 e.